The molecule has 2 aromatic carbocycles. The predicted octanol–water partition coefficient (Wildman–Crippen LogP) is 3.04. The van der Waals surface area contributed by atoms with Gasteiger partial charge in [0.1, 0.15) is 12.6 Å². The van der Waals surface area contributed by atoms with Crippen LogP contribution in [-0.2, 0) is 25.2 Å². The second kappa shape index (κ2) is 12.5. The Labute approximate surface area is 231 Å². The number of aliphatic carboxylic acids is 1. The summed E-state index contributed by atoms with van der Waals surface area (Å²) in [5.74, 6) is -3.60. The molecule has 4 rings (SSSR count). The summed E-state index contributed by atoms with van der Waals surface area (Å²) in [7, 11) is 0. The normalized spacial score (nSPS) is 16.0. The number of aliphatic hydroxyl groups is 1. The van der Waals surface area contributed by atoms with Crippen LogP contribution in [0.25, 0.3) is 22.0 Å². The van der Waals surface area contributed by atoms with Crippen molar-refractivity contribution in [3.8, 4) is 11.3 Å². The largest absolute Gasteiger partial charge is 0.490 e. The number of amides is 1. The maximum absolute atomic E-state index is 13.4. The summed E-state index contributed by atoms with van der Waals surface area (Å²) >= 11 is 0. The molecule has 1 saturated heterocycles. The van der Waals surface area contributed by atoms with Gasteiger partial charge in [0.25, 0.3) is 5.56 Å². The van der Waals surface area contributed by atoms with Crippen molar-refractivity contribution >= 4 is 34.5 Å². The first kappa shape index (κ1) is 31.9. The molecule has 3 aromatic rings. The molecular formula is C25H21F6N3O8. The van der Waals surface area contributed by atoms with Gasteiger partial charge in [0, 0.05) is 22.3 Å². The fourth-order valence-corrected chi connectivity index (χ4v) is 3.70. The van der Waals surface area contributed by atoms with Crippen molar-refractivity contribution in [2.45, 2.75) is 24.5 Å². The van der Waals surface area contributed by atoms with Crippen LogP contribution < -0.4 is 16.2 Å². The molecule has 2 atom stereocenters. The van der Waals surface area contributed by atoms with E-state index in [9.17, 15) is 40.7 Å². The number of rotatable bonds is 6. The highest BCUT2D eigenvalue weighted by Gasteiger charge is 2.38. The summed E-state index contributed by atoms with van der Waals surface area (Å²) in [5.41, 5.74) is 4.01. The third kappa shape index (κ3) is 7.55. The van der Waals surface area contributed by atoms with Crippen LogP contribution in [0.1, 0.15) is 5.56 Å². The highest BCUT2D eigenvalue weighted by molar-refractivity contribution is 5.95. The van der Waals surface area contributed by atoms with Gasteiger partial charge in [0.2, 0.25) is 0 Å². The number of carbonyl (C=O) groups excluding carboxylic acids is 2. The first-order valence-electron chi connectivity index (χ1n) is 11.7. The van der Waals surface area contributed by atoms with Gasteiger partial charge < -0.3 is 30.4 Å². The number of halogens is 6. The minimum absolute atomic E-state index is 0.00623. The second-order valence-electron chi connectivity index (χ2n) is 8.67. The molecule has 17 heteroatoms. The Hall–Kier alpha value is -4.64. The van der Waals surface area contributed by atoms with Crippen molar-refractivity contribution < 1.29 is 60.4 Å². The van der Waals surface area contributed by atoms with E-state index in [0.29, 0.717) is 11.1 Å². The summed E-state index contributed by atoms with van der Waals surface area (Å²) in [4.78, 5) is 49.3. The molecule has 0 bridgehead atoms. The van der Waals surface area contributed by atoms with Crippen molar-refractivity contribution in [2.24, 2.45) is 5.73 Å². The maximum Gasteiger partial charge on any atom is 0.490 e. The van der Waals surface area contributed by atoms with Crippen molar-refractivity contribution in [2.75, 3.05) is 24.7 Å². The number of nitrogens with one attached hydrogen (secondary N) is 1. The molecule has 5 N–H and O–H groups in total. The van der Waals surface area contributed by atoms with Gasteiger partial charge >= 0.3 is 30.4 Å². The van der Waals surface area contributed by atoms with Gasteiger partial charge in [-0.1, -0.05) is 24.3 Å². The standard InChI is InChI=1S/C23H20F3N3O6.C2HF3O2/c24-23(25,26)17-4-2-1-3-15(17)19-7-12-5-6-13(8-16(12)20(31)28-19)29-9-14(35-22(29)33)11-34-21(32)18(27)10-30;3-2(4,5)1(6)7/h1-8,14,18,30H,9-11,27H2,(H,28,31);(H,6,7)/t14-,18+;/m1./s1. The zero-order valence-electron chi connectivity index (χ0n) is 21.0. The summed E-state index contributed by atoms with van der Waals surface area (Å²) in [5, 5.41) is 16.5. The molecule has 42 heavy (non-hydrogen) atoms. The number of nitrogens with two attached hydrogens (primary N) is 1. The third-order valence-corrected chi connectivity index (χ3v) is 5.69. The topological polar surface area (TPSA) is 172 Å². The van der Waals surface area contributed by atoms with E-state index in [1.807, 2.05) is 0 Å². The molecule has 0 saturated carbocycles. The van der Waals surface area contributed by atoms with E-state index < -0.39 is 60.3 Å². The number of hydrogen-bond donors (Lipinski definition) is 4. The lowest BCUT2D eigenvalue weighted by Crippen LogP contribution is -2.37. The van der Waals surface area contributed by atoms with E-state index >= 15 is 0 Å². The molecular weight excluding hydrogens is 584 g/mol. The number of ether oxygens (including phenoxy) is 2. The highest BCUT2D eigenvalue weighted by Crippen LogP contribution is 2.36. The van der Waals surface area contributed by atoms with Crippen molar-refractivity contribution in [3.63, 3.8) is 0 Å². The summed E-state index contributed by atoms with van der Waals surface area (Å²) < 4.78 is 82.1. The summed E-state index contributed by atoms with van der Waals surface area (Å²) in [6, 6.07) is 9.61. The van der Waals surface area contributed by atoms with E-state index in [2.05, 4.69) is 4.98 Å². The maximum atomic E-state index is 13.4. The molecule has 1 aliphatic rings. The molecule has 226 valence electrons. The van der Waals surface area contributed by atoms with Crippen LogP contribution >= 0.6 is 0 Å². The number of pyridine rings is 1. The average molecular weight is 605 g/mol. The molecule has 0 unspecified atom stereocenters. The number of benzene rings is 2. The number of nitrogens with zero attached hydrogens (tertiary/aromatic N) is 1. The number of H-pyrrole nitrogens is 1. The molecule has 0 radical (unpaired) electrons. The third-order valence-electron chi connectivity index (χ3n) is 5.69. The molecule has 11 nitrogen and oxygen atoms in total. The van der Waals surface area contributed by atoms with Gasteiger partial charge in [-0.25, -0.2) is 9.59 Å². The van der Waals surface area contributed by atoms with E-state index in [-0.39, 0.29) is 29.8 Å². The molecule has 0 aliphatic carbocycles. The number of carboxylic acid groups (broad SMARTS) is 1. The molecule has 1 aliphatic heterocycles. The summed E-state index contributed by atoms with van der Waals surface area (Å²) in [6.07, 6.45) is -11.2. The number of anilines is 1. The predicted molar refractivity (Wildman–Crippen MR) is 132 cm³/mol. The Balaban J connectivity index is 0.000000616. The van der Waals surface area contributed by atoms with Gasteiger partial charge in [-0.15, -0.1) is 0 Å². The Morgan fingerprint density at radius 3 is 2.33 bits per heavy atom. The van der Waals surface area contributed by atoms with Crippen LogP contribution in [-0.4, -0.2) is 71.3 Å². The first-order valence-corrected chi connectivity index (χ1v) is 11.7. The molecule has 2 heterocycles. The van der Waals surface area contributed by atoms with E-state index in [1.165, 1.54) is 47.4 Å². The van der Waals surface area contributed by atoms with Crippen LogP contribution in [0.3, 0.4) is 0 Å². The van der Waals surface area contributed by atoms with Crippen molar-refractivity contribution in [1.82, 2.24) is 4.98 Å². The summed E-state index contributed by atoms with van der Waals surface area (Å²) in [6.45, 7) is -0.851. The number of carbonyl (C=O) groups is 3. The van der Waals surface area contributed by atoms with Gasteiger partial charge in [0.15, 0.2) is 6.10 Å². The lowest BCUT2D eigenvalue weighted by molar-refractivity contribution is -0.192. The van der Waals surface area contributed by atoms with Gasteiger partial charge in [0.05, 0.1) is 18.7 Å². The molecule has 0 spiro atoms. The van der Waals surface area contributed by atoms with Crippen LogP contribution in [0, 0.1) is 0 Å². The Morgan fingerprint density at radius 1 is 1.10 bits per heavy atom. The quantitative estimate of drug-likeness (QED) is 0.243. The number of aromatic nitrogens is 1. The fraction of sp³-hybridized carbons (Fsp3) is 0.280. The number of fused-ring (bicyclic) bond motifs is 1. The number of aliphatic hydroxyl groups excluding tert-OH is 1. The number of alkyl halides is 6. The van der Waals surface area contributed by atoms with E-state index in [1.54, 1.807) is 0 Å². The smallest absolute Gasteiger partial charge is 0.475 e. The fourth-order valence-electron chi connectivity index (χ4n) is 3.70. The zero-order chi connectivity index (χ0) is 31.4. The SMILES string of the molecule is N[C@@H](CO)C(=O)OC[C@H]1CN(c2ccc3cc(-c4ccccc4C(F)(F)F)[nH]c(=O)c3c2)C(=O)O1.O=C(O)C(F)(F)F. The van der Waals surface area contributed by atoms with Gasteiger partial charge in [-0.05, 0) is 29.7 Å². The Kier molecular flexibility index (Phi) is 9.47. The molecule has 1 fully saturated rings. The number of aromatic amines is 1. The minimum Gasteiger partial charge on any atom is -0.475 e. The number of carboxylic acids is 1. The minimum atomic E-state index is -5.08. The van der Waals surface area contributed by atoms with E-state index in [0.717, 1.165) is 6.07 Å². The van der Waals surface area contributed by atoms with Crippen molar-refractivity contribution in [3.05, 3.63) is 64.4 Å². The average Bonchev–Trinajstić information content (AvgIpc) is 3.30. The highest BCUT2D eigenvalue weighted by atomic mass is 19.4. The monoisotopic (exact) mass is 605 g/mol. The lowest BCUT2D eigenvalue weighted by atomic mass is 10.0. The van der Waals surface area contributed by atoms with Crippen LogP contribution in [0.15, 0.2) is 53.3 Å². The first-order chi connectivity index (χ1) is 19.5. The van der Waals surface area contributed by atoms with Crippen LogP contribution in [0.2, 0.25) is 0 Å². The number of hydrogen-bond acceptors (Lipinski definition) is 8. The van der Waals surface area contributed by atoms with Crippen LogP contribution in [0.5, 0.6) is 0 Å². The molecule has 1 aromatic heterocycles. The zero-order valence-corrected chi connectivity index (χ0v) is 21.0. The van der Waals surface area contributed by atoms with Crippen molar-refractivity contribution in [1.29, 1.82) is 0 Å². The lowest BCUT2D eigenvalue weighted by Gasteiger charge is -2.15. The van der Waals surface area contributed by atoms with Gasteiger partial charge in [-0.3, -0.25) is 14.5 Å². The van der Waals surface area contributed by atoms with Gasteiger partial charge in [-0.2, -0.15) is 26.3 Å². The second-order valence-corrected chi connectivity index (χ2v) is 8.67. The number of esters is 1. The molecule has 1 amide bonds. The van der Waals surface area contributed by atoms with E-state index in [4.69, 9.17) is 30.2 Å². The van der Waals surface area contributed by atoms with Crippen LogP contribution in [0.4, 0.5) is 36.8 Å². The Morgan fingerprint density at radius 2 is 1.74 bits per heavy atom. The Bertz CT molecular complexity index is 1540. The number of cyclic esters (lactones) is 1.